The number of hydrogen-bond donors (Lipinski definition) is 0. The third kappa shape index (κ3) is 6.52. The fourth-order valence-electron chi connectivity index (χ4n) is 6.25. The second-order valence-electron chi connectivity index (χ2n) is 10.6. The van der Waals surface area contributed by atoms with E-state index in [0.717, 1.165) is 13.0 Å². The highest BCUT2D eigenvalue weighted by atomic mass is 16.7. The number of ether oxygens (including phenoxy) is 2. The van der Waals surface area contributed by atoms with Crippen LogP contribution in [0.2, 0.25) is 0 Å². The summed E-state index contributed by atoms with van der Waals surface area (Å²) in [6.07, 6.45) is 17.7. The summed E-state index contributed by atoms with van der Waals surface area (Å²) >= 11 is 0. The third-order valence-corrected chi connectivity index (χ3v) is 8.14. The Morgan fingerprint density at radius 2 is 1.35 bits per heavy atom. The molecule has 2 aliphatic rings. The van der Waals surface area contributed by atoms with E-state index in [1.807, 2.05) is 0 Å². The van der Waals surface area contributed by atoms with E-state index in [-0.39, 0.29) is 6.10 Å². The van der Waals surface area contributed by atoms with Gasteiger partial charge in [0, 0.05) is 11.5 Å². The Morgan fingerprint density at radius 3 is 2.00 bits per heavy atom. The highest BCUT2D eigenvalue weighted by Gasteiger charge is 2.46. The Hall–Kier alpha value is -1.64. The van der Waals surface area contributed by atoms with Crippen LogP contribution >= 0.6 is 0 Å². The van der Waals surface area contributed by atoms with Crippen LogP contribution in [0, 0.1) is 11.8 Å². The lowest BCUT2D eigenvalue weighted by atomic mass is 9.78. The van der Waals surface area contributed by atoms with Crippen molar-refractivity contribution >= 4 is 0 Å². The van der Waals surface area contributed by atoms with Crippen molar-refractivity contribution in [3.8, 4) is 0 Å². The lowest BCUT2D eigenvalue weighted by molar-refractivity contribution is -0.312. The van der Waals surface area contributed by atoms with Gasteiger partial charge in [-0.2, -0.15) is 0 Å². The molecule has 2 aliphatic carbocycles. The zero-order chi connectivity index (χ0) is 23.5. The maximum absolute atomic E-state index is 7.47. The molecule has 0 radical (unpaired) electrons. The number of rotatable bonds is 12. The lowest BCUT2D eigenvalue weighted by Crippen LogP contribution is -2.44. The summed E-state index contributed by atoms with van der Waals surface area (Å²) in [5, 5.41) is 0. The molecule has 2 unspecified atom stereocenters. The summed E-state index contributed by atoms with van der Waals surface area (Å²) in [6, 6.07) is 22.0. The van der Waals surface area contributed by atoms with Crippen molar-refractivity contribution in [2.45, 2.75) is 109 Å². The predicted octanol–water partition coefficient (Wildman–Crippen LogP) is 9.35. The summed E-state index contributed by atoms with van der Waals surface area (Å²) < 4.78 is 14.5. The number of unbranched alkanes of at least 4 members (excludes halogenated alkanes) is 3. The molecular formula is C32H46O2. The first-order chi connectivity index (χ1) is 16.8. The van der Waals surface area contributed by atoms with Crippen LogP contribution < -0.4 is 0 Å². The molecule has 0 heterocycles. The molecule has 2 atom stereocenters. The molecule has 0 spiro atoms. The minimum Gasteiger partial charge on any atom is -0.346 e. The van der Waals surface area contributed by atoms with Gasteiger partial charge in [0.2, 0.25) is 0 Å². The van der Waals surface area contributed by atoms with Gasteiger partial charge in [-0.25, -0.2) is 0 Å². The van der Waals surface area contributed by atoms with Crippen LogP contribution in [-0.2, 0) is 15.3 Å². The van der Waals surface area contributed by atoms with E-state index in [0.29, 0.717) is 11.8 Å². The molecule has 0 amide bonds. The SMILES string of the molecule is CCCCCCOC(OC(c1ccccc1)C1CCCCC1)(c1ccccc1)C1CCCCC1. The average Bonchev–Trinajstić information content (AvgIpc) is 2.92. The van der Waals surface area contributed by atoms with Crippen molar-refractivity contribution < 1.29 is 9.47 Å². The summed E-state index contributed by atoms with van der Waals surface area (Å²) in [5.74, 6) is 0.308. The van der Waals surface area contributed by atoms with E-state index in [1.165, 1.54) is 94.6 Å². The van der Waals surface area contributed by atoms with Crippen molar-refractivity contribution in [2.75, 3.05) is 6.61 Å². The minimum atomic E-state index is -0.661. The highest BCUT2D eigenvalue weighted by Crippen LogP contribution is 2.49. The molecule has 2 aromatic rings. The van der Waals surface area contributed by atoms with Gasteiger partial charge in [0.05, 0.1) is 12.7 Å². The first-order valence-electron chi connectivity index (χ1n) is 14.3. The van der Waals surface area contributed by atoms with Crippen LogP contribution in [0.25, 0.3) is 0 Å². The zero-order valence-electron chi connectivity index (χ0n) is 21.4. The van der Waals surface area contributed by atoms with Crippen LogP contribution in [0.5, 0.6) is 0 Å². The van der Waals surface area contributed by atoms with Gasteiger partial charge in [-0.05, 0) is 43.6 Å². The Bertz CT molecular complexity index is 792. The Balaban J connectivity index is 1.70. The Labute approximate surface area is 208 Å². The van der Waals surface area contributed by atoms with Crippen LogP contribution in [0.4, 0.5) is 0 Å². The Kier molecular flexibility index (Phi) is 10.1. The van der Waals surface area contributed by atoms with Crippen molar-refractivity contribution in [3.63, 3.8) is 0 Å². The quantitative estimate of drug-likeness (QED) is 0.231. The molecular weight excluding hydrogens is 416 g/mol. The number of hydrogen-bond acceptors (Lipinski definition) is 2. The summed E-state index contributed by atoms with van der Waals surface area (Å²) in [5.41, 5.74) is 2.54. The van der Waals surface area contributed by atoms with Gasteiger partial charge < -0.3 is 9.47 Å². The van der Waals surface area contributed by atoms with Crippen LogP contribution in [0.3, 0.4) is 0 Å². The molecule has 186 valence electrons. The van der Waals surface area contributed by atoms with Crippen molar-refractivity contribution in [2.24, 2.45) is 11.8 Å². The molecule has 2 nitrogen and oxygen atoms in total. The molecule has 0 N–H and O–H groups in total. The lowest BCUT2D eigenvalue weighted by Gasteiger charge is -2.46. The van der Waals surface area contributed by atoms with Gasteiger partial charge in [0.1, 0.15) is 0 Å². The third-order valence-electron chi connectivity index (χ3n) is 8.14. The molecule has 0 saturated heterocycles. The standard InChI is InChI=1S/C32H46O2/c1-2-3-4-17-26-33-32(29-22-13-7-14-23-29,30-24-15-8-16-25-30)34-31(27-18-9-5-10-19-27)28-20-11-6-12-21-28/h5,7,9-10,13-14,18-19,22-23,28,30-31H,2-4,6,8,11-12,15-17,20-21,24-26H2,1H3. The molecule has 2 heteroatoms. The van der Waals surface area contributed by atoms with E-state index in [4.69, 9.17) is 9.47 Å². The topological polar surface area (TPSA) is 18.5 Å². The van der Waals surface area contributed by atoms with Gasteiger partial charge >= 0.3 is 0 Å². The molecule has 2 fully saturated rings. The van der Waals surface area contributed by atoms with Gasteiger partial charge in [0.25, 0.3) is 0 Å². The second kappa shape index (κ2) is 13.4. The molecule has 4 rings (SSSR count). The monoisotopic (exact) mass is 462 g/mol. The maximum Gasteiger partial charge on any atom is 0.198 e. The van der Waals surface area contributed by atoms with Gasteiger partial charge in [-0.15, -0.1) is 0 Å². The predicted molar refractivity (Wildman–Crippen MR) is 142 cm³/mol. The van der Waals surface area contributed by atoms with E-state index in [2.05, 4.69) is 67.6 Å². The molecule has 0 bridgehead atoms. The van der Waals surface area contributed by atoms with Gasteiger partial charge in [0.15, 0.2) is 5.79 Å². The van der Waals surface area contributed by atoms with Crippen LogP contribution in [-0.4, -0.2) is 6.61 Å². The largest absolute Gasteiger partial charge is 0.346 e. The van der Waals surface area contributed by atoms with Crippen LogP contribution in [0.1, 0.15) is 114 Å². The highest BCUT2D eigenvalue weighted by molar-refractivity contribution is 5.24. The molecule has 34 heavy (non-hydrogen) atoms. The van der Waals surface area contributed by atoms with E-state index in [1.54, 1.807) is 0 Å². The summed E-state index contributed by atoms with van der Waals surface area (Å²) in [7, 11) is 0. The van der Waals surface area contributed by atoms with Crippen molar-refractivity contribution in [3.05, 3.63) is 71.8 Å². The fraction of sp³-hybridized carbons (Fsp3) is 0.625. The van der Waals surface area contributed by atoms with E-state index < -0.39 is 5.79 Å². The zero-order valence-corrected chi connectivity index (χ0v) is 21.4. The normalized spacial score (nSPS) is 20.6. The van der Waals surface area contributed by atoms with Gasteiger partial charge in [-0.3, -0.25) is 0 Å². The van der Waals surface area contributed by atoms with Crippen molar-refractivity contribution in [1.29, 1.82) is 0 Å². The minimum absolute atomic E-state index is 0.0827. The van der Waals surface area contributed by atoms with Crippen molar-refractivity contribution in [1.82, 2.24) is 0 Å². The molecule has 0 aromatic heterocycles. The average molecular weight is 463 g/mol. The Morgan fingerprint density at radius 1 is 0.735 bits per heavy atom. The molecule has 2 aromatic carbocycles. The maximum atomic E-state index is 7.47. The summed E-state index contributed by atoms with van der Waals surface area (Å²) in [6.45, 7) is 3.05. The first kappa shape index (κ1) is 25.5. The van der Waals surface area contributed by atoms with Gasteiger partial charge in [-0.1, -0.05) is 125 Å². The van der Waals surface area contributed by atoms with Crippen LogP contribution in [0.15, 0.2) is 60.7 Å². The fourth-order valence-corrected chi connectivity index (χ4v) is 6.25. The summed E-state index contributed by atoms with van der Waals surface area (Å²) in [4.78, 5) is 0. The molecule has 2 saturated carbocycles. The number of benzene rings is 2. The van der Waals surface area contributed by atoms with E-state index in [9.17, 15) is 0 Å². The smallest absolute Gasteiger partial charge is 0.198 e. The van der Waals surface area contributed by atoms with E-state index >= 15 is 0 Å². The molecule has 0 aliphatic heterocycles. The first-order valence-corrected chi connectivity index (χ1v) is 14.3. The second-order valence-corrected chi connectivity index (χ2v) is 10.6.